The van der Waals surface area contributed by atoms with Crippen LogP contribution in [-0.4, -0.2) is 36.7 Å². The second-order valence-electron chi connectivity index (χ2n) is 7.63. The molecule has 2 amide bonds. The molecule has 0 radical (unpaired) electrons. The van der Waals surface area contributed by atoms with Crippen LogP contribution in [0.3, 0.4) is 0 Å². The van der Waals surface area contributed by atoms with Gasteiger partial charge in [0.2, 0.25) is 0 Å². The average molecular weight is 359 g/mol. The summed E-state index contributed by atoms with van der Waals surface area (Å²) in [4.78, 5) is 29.1. The highest BCUT2D eigenvalue weighted by Gasteiger charge is 2.40. The number of hydrogen-bond acceptors (Lipinski definition) is 4. The number of carbonyl (C=O) groups excluding carboxylic acids is 2. The summed E-state index contributed by atoms with van der Waals surface area (Å²) < 4.78 is 0. The summed E-state index contributed by atoms with van der Waals surface area (Å²) in [6, 6.07) is 7.98. The molecule has 5 heteroatoms. The van der Waals surface area contributed by atoms with E-state index in [9.17, 15) is 9.59 Å². The molecule has 1 saturated heterocycles. The van der Waals surface area contributed by atoms with E-state index in [4.69, 9.17) is 0 Å². The molecule has 1 saturated carbocycles. The Morgan fingerprint density at radius 1 is 1.12 bits per heavy atom. The summed E-state index contributed by atoms with van der Waals surface area (Å²) in [7, 11) is 3.98. The predicted octanol–water partition coefficient (Wildman–Crippen LogP) is 4.76. The minimum absolute atomic E-state index is 0.0763. The lowest BCUT2D eigenvalue weighted by atomic mass is 9.75. The van der Waals surface area contributed by atoms with Crippen molar-refractivity contribution in [3.05, 3.63) is 34.7 Å². The van der Waals surface area contributed by atoms with Gasteiger partial charge in [0.05, 0.1) is 4.91 Å². The molecular formula is C20H26N2O2S. The van der Waals surface area contributed by atoms with Crippen molar-refractivity contribution in [3.8, 4) is 0 Å². The third-order valence-corrected chi connectivity index (χ3v) is 6.09. The summed E-state index contributed by atoms with van der Waals surface area (Å²) in [5.74, 6) is -0.140. The third-order valence-electron chi connectivity index (χ3n) is 5.18. The molecule has 0 atom stereocenters. The van der Waals surface area contributed by atoms with Gasteiger partial charge in [0, 0.05) is 26.3 Å². The lowest BCUT2D eigenvalue weighted by Gasteiger charge is -2.35. The third kappa shape index (κ3) is 4.09. The molecule has 2 fully saturated rings. The maximum absolute atomic E-state index is 12.7. The Kier molecular flexibility index (Phi) is 5.23. The van der Waals surface area contributed by atoms with Gasteiger partial charge in [-0.25, -0.2) is 0 Å². The van der Waals surface area contributed by atoms with Gasteiger partial charge in [-0.05, 0) is 53.8 Å². The van der Waals surface area contributed by atoms with Crippen LogP contribution in [0.5, 0.6) is 0 Å². The molecule has 4 nitrogen and oxygen atoms in total. The molecule has 1 heterocycles. The monoisotopic (exact) mass is 358 g/mol. The van der Waals surface area contributed by atoms with Crippen molar-refractivity contribution in [3.63, 3.8) is 0 Å². The van der Waals surface area contributed by atoms with Crippen LogP contribution in [0.4, 0.5) is 10.5 Å². The Labute approximate surface area is 154 Å². The van der Waals surface area contributed by atoms with E-state index in [1.54, 1.807) is 0 Å². The van der Waals surface area contributed by atoms with Gasteiger partial charge in [0.25, 0.3) is 11.1 Å². The lowest BCUT2D eigenvalue weighted by Crippen LogP contribution is -2.39. The van der Waals surface area contributed by atoms with E-state index >= 15 is 0 Å². The number of imide groups is 1. The van der Waals surface area contributed by atoms with E-state index in [1.807, 2.05) is 49.3 Å². The molecule has 0 aromatic heterocycles. The van der Waals surface area contributed by atoms with Crippen LogP contribution >= 0.6 is 11.8 Å². The summed E-state index contributed by atoms with van der Waals surface area (Å²) >= 11 is 1.06. The number of nitrogens with zero attached hydrogens (tertiary/aromatic N) is 2. The van der Waals surface area contributed by atoms with Crippen molar-refractivity contribution in [1.82, 2.24) is 4.90 Å². The first kappa shape index (κ1) is 18.1. The first-order valence-corrected chi connectivity index (χ1v) is 9.72. The van der Waals surface area contributed by atoms with E-state index in [0.29, 0.717) is 11.4 Å². The van der Waals surface area contributed by atoms with E-state index in [2.05, 4.69) is 6.92 Å². The van der Waals surface area contributed by atoms with Crippen LogP contribution in [0, 0.1) is 5.41 Å². The minimum Gasteiger partial charge on any atom is -0.378 e. The van der Waals surface area contributed by atoms with Gasteiger partial charge in [-0.3, -0.25) is 14.5 Å². The van der Waals surface area contributed by atoms with Crippen LogP contribution < -0.4 is 4.90 Å². The first-order valence-electron chi connectivity index (χ1n) is 8.91. The molecule has 0 bridgehead atoms. The van der Waals surface area contributed by atoms with Crippen LogP contribution in [0.15, 0.2) is 29.2 Å². The van der Waals surface area contributed by atoms with Gasteiger partial charge in [0.1, 0.15) is 0 Å². The van der Waals surface area contributed by atoms with Gasteiger partial charge < -0.3 is 4.90 Å². The molecule has 25 heavy (non-hydrogen) atoms. The quantitative estimate of drug-likeness (QED) is 0.728. The zero-order chi connectivity index (χ0) is 18.0. The Hall–Kier alpha value is -1.75. The molecule has 0 unspecified atom stereocenters. The highest BCUT2D eigenvalue weighted by atomic mass is 32.2. The van der Waals surface area contributed by atoms with Crippen molar-refractivity contribution in [2.45, 2.75) is 39.0 Å². The van der Waals surface area contributed by atoms with E-state index in [0.717, 1.165) is 35.9 Å². The fourth-order valence-electron chi connectivity index (χ4n) is 3.60. The van der Waals surface area contributed by atoms with Gasteiger partial charge >= 0.3 is 0 Å². The highest BCUT2D eigenvalue weighted by molar-refractivity contribution is 8.18. The standard InChI is InChI=1S/C20H26N2O2S/c1-20(11-5-4-6-12-20)14-22-18(23)17(25-19(22)24)13-15-7-9-16(10-8-15)21(2)3/h7-10,13H,4-6,11-12,14H2,1-3H3/b17-13+. The number of benzene rings is 1. The molecule has 1 aromatic carbocycles. The number of hydrogen-bond donors (Lipinski definition) is 0. The maximum atomic E-state index is 12.7. The normalized spacial score (nSPS) is 21.9. The molecule has 3 rings (SSSR count). The smallest absolute Gasteiger partial charge is 0.293 e. The fraction of sp³-hybridized carbons (Fsp3) is 0.500. The Morgan fingerprint density at radius 2 is 1.76 bits per heavy atom. The summed E-state index contributed by atoms with van der Waals surface area (Å²) in [5, 5.41) is -0.132. The zero-order valence-corrected chi connectivity index (χ0v) is 16.1. The summed E-state index contributed by atoms with van der Waals surface area (Å²) in [6.07, 6.45) is 7.68. The largest absolute Gasteiger partial charge is 0.378 e. The van der Waals surface area contributed by atoms with E-state index < -0.39 is 0 Å². The van der Waals surface area contributed by atoms with Gasteiger partial charge in [0.15, 0.2) is 0 Å². The molecular weight excluding hydrogens is 332 g/mol. The first-order chi connectivity index (χ1) is 11.9. The van der Waals surface area contributed by atoms with Gasteiger partial charge in [-0.2, -0.15) is 0 Å². The molecule has 2 aliphatic rings. The van der Waals surface area contributed by atoms with Crippen molar-refractivity contribution in [1.29, 1.82) is 0 Å². The second kappa shape index (κ2) is 7.24. The van der Waals surface area contributed by atoms with Gasteiger partial charge in [-0.15, -0.1) is 0 Å². The molecule has 134 valence electrons. The van der Waals surface area contributed by atoms with Crippen LogP contribution in [0.2, 0.25) is 0 Å². The Bertz CT molecular complexity index is 688. The van der Waals surface area contributed by atoms with E-state index in [-0.39, 0.29) is 16.6 Å². The zero-order valence-electron chi connectivity index (χ0n) is 15.2. The van der Waals surface area contributed by atoms with Crippen molar-refractivity contribution in [2.75, 3.05) is 25.5 Å². The van der Waals surface area contributed by atoms with Crippen LogP contribution in [-0.2, 0) is 4.79 Å². The maximum Gasteiger partial charge on any atom is 0.293 e. The molecule has 1 aliphatic heterocycles. The Balaban J connectivity index is 1.74. The van der Waals surface area contributed by atoms with Crippen molar-refractivity contribution < 1.29 is 9.59 Å². The molecule has 1 aliphatic carbocycles. The topological polar surface area (TPSA) is 40.6 Å². The summed E-state index contributed by atoms with van der Waals surface area (Å²) in [6.45, 7) is 2.76. The molecule has 1 aromatic rings. The summed E-state index contributed by atoms with van der Waals surface area (Å²) in [5.41, 5.74) is 2.13. The molecule has 0 spiro atoms. The molecule has 0 N–H and O–H groups in total. The number of thioether (sulfide) groups is 1. The minimum atomic E-state index is -0.140. The predicted molar refractivity (Wildman–Crippen MR) is 105 cm³/mol. The SMILES string of the molecule is CN(C)c1ccc(/C=C2/SC(=O)N(CC3(C)CCCCC3)C2=O)cc1. The van der Waals surface area contributed by atoms with Crippen molar-refractivity contribution in [2.24, 2.45) is 5.41 Å². The number of carbonyl (C=O) groups is 2. The Morgan fingerprint density at radius 3 is 2.36 bits per heavy atom. The number of amides is 2. The number of rotatable bonds is 4. The lowest BCUT2D eigenvalue weighted by molar-refractivity contribution is -0.124. The van der Waals surface area contributed by atoms with E-state index in [1.165, 1.54) is 24.2 Å². The van der Waals surface area contributed by atoms with Crippen molar-refractivity contribution >= 4 is 34.7 Å². The second-order valence-corrected chi connectivity index (χ2v) is 8.62. The van der Waals surface area contributed by atoms with Crippen LogP contribution in [0.25, 0.3) is 6.08 Å². The fourth-order valence-corrected chi connectivity index (χ4v) is 4.44. The average Bonchev–Trinajstić information content (AvgIpc) is 2.83. The number of anilines is 1. The van der Waals surface area contributed by atoms with Crippen LogP contribution in [0.1, 0.15) is 44.6 Å². The van der Waals surface area contributed by atoms with Gasteiger partial charge in [-0.1, -0.05) is 38.3 Å². The highest BCUT2D eigenvalue weighted by Crippen LogP contribution is 2.40.